The van der Waals surface area contributed by atoms with E-state index in [1.807, 2.05) is 0 Å². The van der Waals surface area contributed by atoms with Crippen LogP contribution in [0.3, 0.4) is 0 Å². The molecule has 1 rings (SSSR count). The van der Waals surface area contributed by atoms with Crippen LogP contribution < -0.4 is 5.32 Å². The Hall–Kier alpha value is -1.58. The van der Waals surface area contributed by atoms with E-state index in [2.05, 4.69) is 31.1 Å². The second kappa shape index (κ2) is 4.77. The average molecular weight is 208 g/mol. The van der Waals surface area contributed by atoms with Crippen LogP contribution in [0.25, 0.3) is 0 Å². The fourth-order valence-corrected chi connectivity index (χ4v) is 1.07. The summed E-state index contributed by atoms with van der Waals surface area (Å²) in [5.41, 5.74) is 0.861. The van der Waals surface area contributed by atoms with Gasteiger partial charge in [0.1, 0.15) is 5.69 Å². The Kier molecular flexibility index (Phi) is 3.66. The van der Waals surface area contributed by atoms with Gasteiger partial charge in [0.2, 0.25) is 0 Å². The third-order valence-electron chi connectivity index (χ3n) is 2.37. The van der Waals surface area contributed by atoms with E-state index >= 15 is 0 Å². The highest BCUT2D eigenvalue weighted by Crippen LogP contribution is 2.12. The third kappa shape index (κ3) is 3.23. The molecule has 0 aliphatic carbocycles. The number of anilines is 1. The van der Waals surface area contributed by atoms with E-state index in [4.69, 9.17) is 5.11 Å². The summed E-state index contributed by atoms with van der Waals surface area (Å²) in [6.45, 7) is 6.28. The van der Waals surface area contributed by atoms with Gasteiger partial charge in [0, 0.05) is 17.9 Å². The van der Waals surface area contributed by atoms with Crippen LogP contribution >= 0.6 is 0 Å². The molecule has 0 fully saturated rings. The van der Waals surface area contributed by atoms with Gasteiger partial charge in [-0.25, -0.2) is 9.78 Å². The summed E-state index contributed by atoms with van der Waals surface area (Å²) in [5, 5.41) is 12.0. The van der Waals surface area contributed by atoms with Crippen LogP contribution in [0.2, 0.25) is 0 Å². The van der Waals surface area contributed by atoms with Crippen LogP contribution in [0.1, 0.15) is 31.3 Å². The Morgan fingerprint density at radius 3 is 2.67 bits per heavy atom. The number of rotatable bonds is 4. The molecule has 15 heavy (non-hydrogen) atoms. The molecule has 2 N–H and O–H groups in total. The van der Waals surface area contributed by atoms with E-state index in [1.54, 1.807) is 12.1 Å². The number of aromatic nitrogens is 1. The molecule has 4 heteroatoms. The van der Waals surface area contributed by atoms with Gasteiger partial charge < -0.3 is 10.4 Å². The number of hydrogen-bond donors (Lipinski definition) is 2. The van der Waals surface area contributed by atoms with E-state index in [9.17, 15) is 4.79 Å². The smallest absolute Gasteiger partial charge is 0.354 e. The van der Waals surface area contributed by atoms with Crippen LogP contribution in [-0.4, -0.2) is 22.1 Å². The molecule has 1 atom stereocenters. The first-order chi connectivity index (χ1) is 7.00. The van der Waals surface area contributed by atoms with Crippen molar-refractivity contribution < 1.29 is 9.90 Å². The largest absolute Gasteiger partial charge is 0.477 e. The normalized spacial score (nSPS) is 12.5. The molecule has 0 saturated carbocycles. The van der Waals surface area contributed by atoms with Crippen LogP contribution in [0, 0.1) is 5.92 Å². The maximum absolute atomic E-state index is 10.7. The first-order valence-corrected chi connectivity index (χ1v) is 4.96. The van der Waals surface area contributed by atoms with Gasteiger partial charge in [-0.15, -0.1) is 0 Å². The number of carboxylic acids is 1. The molecule has 1 aromatic rings. The molecule has 0 radical (unpaired) electrons. The number of nitrogens with zero attached hydrogens (tertiary/aromatic N) is 1. The Balaban J connectivity index is 2.78. The lowest BCUT2D eigenvalue weighted by Crippen LogP contribution is -2.21. The predicted molar refractivity (Wildman–Crippen MR) is 59.1 cm³/mol. The molecule has 4 nitrogen and oxygen atoms in total. The molecule has 0 aliphatic rings. The van der Waals surface area contributed by atoms with Gasteiger partial charge in [0.05, 0.1) is 0 Å². The standard InChI is InChI=1S/C11H16N2O2/c1-7(2)8(3)13-9-4-5-12-10(6-9)11(14)15/h4-8H,1-3H3,(H,12,13)(H,14,15). The molecular formula is C11H16N2O2. The molecular weight excluding hydrogens is 192 g/mol. The summed E-state index contributed by atoms with van der Waals surface area (Å²) in [6, 6.07) is 3.61. The summed E-state index contributed by atoms with van der Waals surface area (Å²) in [7, 11) is 0. The van der Waals surface area contributed by atoms with Gasteiger partial charge in [-0.05, 0) is 25.0 Å². The van der Waals surface area contributed by atoms with Crippen LogP contribution in [0.4, 0.5) is 5.69 Å². The van der Waals surface area contributed by atoms with Crippen LogP contribution in [-0.2, 0) is 0 Å². The number of carbonyl (C=O) groups is 1. The summed E-state index contributed by atoms with van der Waals surface area (Å²) < 4.78 is 0. The molecule has 1 aromatic heterocycles. The first kappa shape index (κ1) is 11.5. The van der Waals surface area contributed by atoms with Crippen molar-refractivity contribution in [3.8, 4) is 0 Å². The molecule has 0 aliphatic heterocycles. The summed E-state index contributed by atoms with van der Waals surface area (Å²) in [4.78, 5) is 14.4. The van der Waals surface area contributed by atoms with Crippen molar-refractivity contribution in [2.75, 3.05) is 5.32 Å². The number of hydrogen-bond acceptors (Lipinski definition) is 3. The molecule has 0 aromatic carbocycles. The van der Waals surface area contributed by atoms with E-state index in [0.717, 1.165) is 5.69 Å². The number of pyridine rings is 1. The minimum atomic E-state index is -1.00. The molecule has 1 heterocycles. The SMILES string of the molecule is CC(C)C(C)Nc1ccnc(C(=O)O)c1. The highest BCUT2D eigenvalue weighted by molar-refractivity contribution is 5.86. The monoisotopic (exact) mass is 208 g/mol. The predicted octanol–water partition coefficient (Wildman–Crippen LogP) is 2.24. The zero-order valence-electron chi connectivity index (χ0n) is 9.19. The molecule has 0 spiro atoms. The Bertz CT molecular complexity index is 350. The van der Waals surface area contributed by atoms with Gasteiger partial charge in [-0.2, -0.15) is 0 Å². The minimum absolute atomic E-state index is 0.0657. The Morgan fingerprint density at radius 1 is 1.47 bits per heavy atom. The van der Waals surface area contributed by atoms with Crippen molar-refractivity contribution in [3.05, 3.63) is 24.0 Å². The minimum Gasteiger partial charge on any atom is -0.477 e. The van der Waals surface area contributed by atoms with Crippen molar-refractivity contribution in [1.29, 1.82) is 0 Å². The van der Waals surface area contributed by atoms with Crippen molar-refractivity contribution >= 4 is 11.7 Å². The summed E-state index contributed by atoms with van der Waals surface area (Å²) in [6.07, 6.45) is 1.50. The van der Waals surface area contributed by atoms with Gasteiger partial charge in [-0.3, -0.25) is 0 Å². The van der Waals surface area contributed by atoms with Crippen molar-refractivity contribution in [2.24, 2.45) is 5.92 Å². The van der Waals surface area contributed by atoms with Gasteiger partial charge in [0.25, 0.3) is 0 Å². The van der Waals surface area contributed by atoms with Gasteiger partial charge in [0.15, 0.2) is 0 Å². The summed E-state index contributed by atoms with van der Waals surface area (Å²) in [5.74, 6) is -0.512. The van der Waals surface area contributed by atoms with Crippen molar-refractivity contribution in [2.45, 2.75) is 26.8 Å². The molecule has 0 amide bonds. The maximum atomic E-state index is 10.7. The fourth-order valence-electron chi connectivity index (χ4n) is 1.07. The quantitative estimate of drug-likeness (QED) is 0.796. The van der Waals surface area contributed by atoms with Crippen molar-refractivity contribution in [3.63, 3.8) is 0 Å². The van der Waals surface area contributed by atoms with E-state index in [0.29, 0.717) is 12.0 Å². The zero-order chi connectivity index (χ0) is 11.4. The molecule has 82 valence electrons. The fraction of sp³-hybridized carbons (Fsp3) is 0.455. The second-order valence-corrected chi connectivity index (χ2v) is 3.91. The molecule has 0 bridgehead atoms. The topological polar surface area (TPSA) is 62.2 Å². The van der Waals surface area contributed by atoms with Crippen molar-refractivity contribution in [1.82, 2.24) is 4.98 Å². The van der Waals surface area contributed by atoms with Gasteiger partial charge in [-0.1, -0.05) is 13.8 Å². The lowest BCUT2D eigenvalue weighted by Gasteiger charge is -2.18. The zero-order valence-corrected chi connectivity index (χ0v) is 9.19. The van der Waals surface area contributed by atoms with Crippen LogP contribution in [0.5, 0.6) is 0 Å². The lowest BCUT2D eigenvalue weighted by molar-refractivity contribution is 0.0690. The third-order valence-corrected chi connectivity index (χ3v) is 2.37. The molecule has 1 unspecified atom stereocenters. The average Bonchev–Trinajstić information content (AvgIpc) is 2.18. The van der Waals surface area contributed by atoms with E-state index in [1.165, 1.54) is 6.20 Å². The maximum Gasteiger partial charge on any atom is 0.354 e. The number of aromatic carboxylic acids is 1. The lowest BCUT2D eigenvalue weighted by atomic mass is 10.1. The first-order valence-electron chi connectivity index (χ1n) is 4.96. The Labute approximate surface area is 89.3 Å². The number of nitrogens with one attached hydrogen (secondary N) is 1. The van der Waals surface area contributed by atoms with Gasteiger partial charge >= 0.3 is 5.97 Å². The Morgan fingerprint density at radius 2 is 2.13 bits per heavy atom. The second-order valence-electron chi connectivity index (χ2n) is 3.91. The number of carboxylic acid groups (broad SMARTS) is 1. The highest BCUT2D eigenvalue weighted by atomic mass is 16.4. The van der Waals surface area contributed by atoms with Crippen LogP contribution in [0.15, 0.2) is 18.3 Å². The highest BCUT2D eigenvalue weighted by Gasteiger charge is 2.09. The van der Waals surface area contributed by atoms with E-state index in [-0.39, 0.29) is 5.69 Å². The molecule has 0 saturated heterocycles. The van der Waals surface area contributed by atoms with E-state index < -0.39 is 5.97 Å². The summed E-state index contributed by atoms with van der Waals surface area (Å²) >= 11 is 0.